The van der Waals surface area contributed by atoms with E-state index < -0.39 is 5.97 Å². The number of fused-ring (bicyclic) bond motifs is 1. The third-order valence-electron chi connectivity index (χ3n) is 4.64. The van der Waals surface area contributed by atoms with Crippen molar-refractivity contribution >= 4 is 5.97 Å². The summed E-state index contributed by atoms with van der Waals surface area (Å²) < 4.78 is 1.79. The van der Waals surface area contributed by atoms with Gasteiger partial charge in [0.1, 0.15) is 0 Å². The van der Waals surface area contributed by atoms with E-state index in [9.17, 15) is 9.90 Å². The van der Waals surface area contributed by atoms with Gasteiger partial charge in [-0.3, -0.25) is 4.90 Å². The summed E-state index contributed by atoms with van der Waals surface area (Å²) in [5, 5.41) is 9.35. The predicted octanol–water partition coefficient (Wildman–Crippen LogP) is 3.13. The van der Waals surface area contributed by atoms with Crippen molar-refractivity contribution in [1.29, 1.82) is 0 Å². The van der Waals surface area contributed by atoms with Crippen LogP contribution < -0.4 is 0 Å². The third kappa shape index (κ3) is 3.19. The Morgan fingerprint density at radius 1 is 1.08 bits per heavy atom. The minimum absolute atomic E-state index is 0.276. The summed E-state index contributed by atoms with van der Waals surface area (Å²) in [6.07, 6.45) is 4.66. The Balaban J connectivity index is 1.52. The zero-order valence-electron chi connectivity index (χ0n) is 13.8. The van der Waals surface area contributed by atoms with Gasteiger partial charge < -0.3 is 9.67 Å². The Bertz CT molecular complexity index is 917. The molecular weight excluding hydrogens is 314 g/mol. The first kappa shape index (κ1) is 15.6. The van der Waals surface area contributed by atoms with Crippen molar-refractivity contribution in [2.75, 3.05) is 6.54 Å². The van der Waals surface area contributed by atoms with Gasteiger partial charge in [-0.05, 0) is 29.7 Å². The summed E-state index contributed by atoms with van der Waals surface area (Å²) in [7, 11) is 0. The number of benzene rings is 2. The van der Waals surface area contributed by atoms with Crippen LogP contribution in [0.4, 0.5) is 0 Å². The van der Waals surface area contributed by atoms with Crippen LogP contribution >= 0.6 is 0 Å². The van der Waals surface area contributed by atoms with Gasteiger partial charge in [0.2, 0.25) is 0 Å². The zero-order valence-corrected chi connectivity index (χ0v) is 13.8. The normalized spacial score (nSPS) is 14.2. The van der Waals surface area contributed by atoms with E-state index in [0.717, 1.165) is 31.7 Å². The van der Waals surface area contributed by atoms with Crippen LogP contribution in [0, 0.1) is 0 Å². The van der Waals surface area contributed by atoms with Crippen LogP contribution in [0.1, 0.15) is 27.2 Å². The maximum atomic E-state index is 11.4. The van der Waals surface area contributed by atoms with Crippen LogP contribution in [0.5, 0.6) is 0 Å². The molecule has 0 saturated heterocycles. The molecule has 4 rings (SSSR count). The van der Waals surface area contributed by atoms with Crippen molar-refractivity contribution in [3.05, 3.63) is 83.4 Å². The van der Waals surface area contributed by atoms with Gasteiger partial charge >= 0.3 is 5.97 Å². The van der Waals surface area contributed by atoms with Crippen molar-refractivity contribution in [2.24, 2.45) is 0 Å². The van der Waals surface area contributed by atoms with Gasteiger partial charge in [-0.25, -0.2) is 9.78 Å². The summed E-state index contributed by atoms with van der Waals surface area (Å²) in [5.74, 6) is -0.932. The molecule has 0 saturated carbocycles. The summed E-state index contributed by atoms with van der Waals surface area (Å²) in [4.78, 5) is 18.2. The monoisotopic (exact) mass is 333 g/mol. The minimum Gasteiger partial charge on any atom is -0.478 e. The molecule has 25 heavy (non-hydrogen) atoms. The van der Waals surface area contributed by atoms with E-state index >= 15 is 0 Å². The smallest absolute Gasteiger partial charge is 0.337 e. The molecular formula is C20H19N3O2. The van der Waals surface area contributed by atoms with Crippen LogP contribution in [-0.2, 0) is 19.5 Å². The molecule has 0 aliphatic carbocycles. The number of aromatic carboxylic acids is 1. The molecule has 0 spiro atoms. The maximum absolute atomic E-state index is 11.4. The lowest BCUT2D eigenvalue weighted by Gasteiger charge is -2.27. The van der Waals surface area contributed by atoms with Gasteiger partial charge in [0.25, 0.3) is 0 Å². The molecule has 1 N–H and O–H groups in total. The van der Waals surface area contributed by atoms with E-state index in [4.69, 9.17) is 0 Å². The third-order valence-corrected chi connectivity index (χ3v) is 4.64. The number of hydrogen-bond donors (Lipinski definition) is 1. The Morgan fingerprint density at radius 2 is 1.84 bits per heavy atom. The highest BCUT2D eigenvalue weighted by molar-refractivity contribution is 5.91. The second-order valence-corrected chi connectivity index (χ2v) is 6.32. The molecule has 5 nitrogen and oxygen atoms in total. The fraction of sp³-hybridized carbons (Fsp3) is 0.200. The van der Waals surface area contributed by atoms with Crippen molar-refractivity contribution in [1.82, 2.24) is 14.5 Å². The molecule has 0 bridgehead atoms. The van der Waals surface area contributed by atoms with Gasteiger partial charge in [0.05, 0.1) is 23.3 Å². The van der Waals surface area contributed by atoms with E-state index in [-0.39, 0.29) is 5.56 Å². The lowest BCUT2D eigenvalue weighted by molar-refractivity contribution is 0.0697. The van der Waals surface area contributed by atoms with Crippen LogP contribution in [0.2, 0.25) is 0 Å². The largest absolute Gasteiger partial charge is 0.478 e. The Hall–Kier alpha value is -2.92. The molecule has 1 aliphatic heterocycles. The highest BCUT2D eigenvalue weighted by atomic mass is 16.4. The molecule has 1 aromatic heterocycles. The van der Waals surface area contributed by atoms with Crippen molar-refractivity contribution in [3.63, 3.8) is 0 Å². The van der Waals surface area contributed by atoms with E-state index in [1.807, 2.05) is 12.3 Å². The average Bonchev–Trinajstić information content (AvgIpc) is 3.10. The first-order chi connectivity index (χ1) is 12.2. The summed E-state index contributed by atoms with van der Waals surface area (Å²) in [5.41, 5.74) is 4.67. The van der Waals surface area contributed by atoms with E-state index in [1.54, 1.807) is 29.1 Å². The van der Waals surface area contributed by atoms with E-state index in [2.05, 4.69) is 34.1 Å². The minimum atomic E-state index is -0.932. The molecule has 0 fully saturated rings. The summed E-state index contributed by atoms with van der Waals surface area (Å²) in [6.45, 7) is 2.70. The molecule has 2 aromatic carbocycles. The second-order valence-electron chi connectivity index (χ2n) is 6.32. The van der Waals surface area contributed by atoms with Gasteiger partial charge in [-0.1, -0.05) is 36.4 Å². The first-order valence-electron chi connectivity index (χ1n) is 8.35. The molecule has 2 heterocycles. The molecule has 0 amide bonds. The molecule has 3 aromatic rings. The number of aromatic nitrogens is 2. The van der Waals surface area contributed by atoms with Crippen LogP contribution in [0.25, 0.3) is 5.69 Å². The van der Waals surface area contributed by atoms with Crippen LogP contribution in [0.15, 0.2) is 61.1 Å². The Kier molecular flexibility index (Phi) is 4.07. The van der Waals surface area contributed by atoms with Crippen LogP contribution in [-0.4, -0.2) is 32.1 Å². The van der Waals surface area contributed by atoms with Crippen molar-refractivity contribution in [2.45, 2.75) is 19.5 Å². The van der Waals surface area contributed by atoms with Gasteiger partial charge in [0.15, 0.2) is 0 Å². The molecule has 0 radical (unpaired) electrons. The molecule has 126 valence electrons. The molecule has 0 unspecified atom stereocenters. The number of para-hydroxylation sites is 1. The topological polar surface area (TPSA) is 58.4 Å². The Labute approximate surface area is 146 Å². The summed E-state index contributed by atoms with van der Waals surface area (Å²) in [6, 6.07) is 15.5. The number of nitrogens with zero attached hydrogens (tertiary/aromatic N) is 3. The second kappa shape index (κ2) is 6.53. The van der Waals surface area contributed by atoms with Crippen molar-refractivity contribution in [3.8, 4) is 5.69 Å². The quantitative estimate of drug-likeness (QED) is 0.797. The number of rotatable bonds is 4. The first-order valence-corrected chi connectivity index (χ1v) is 8.35. The molecule has 5 heteroatoms. The Morgan fingerprint density at radius 3 is 2.68 bits per heavy atom. The fourth-order valence-electron chi connectivity index (χ4n) is 3.37. The molecule has 0 atom stereocenters. The van der Waals surface area contributed by atoms with Crippen molar-refractivity contribution < 1.29 is 9.90 Å². The average molecular weight is 333 g/mol. The fourth-order valence-corrected chi connectivity index (χ4v) is 3.37. The van der Waals surface area contributed by atoms with E-state index in [1.165, 1.54) is 11.1 Å². The van der Waals surface area contributed by atoms with Gasteiger partial charge in [-0.2, -0.15) is 0 Å². The number of imidazole rings is 1. The number of carboxylic acid groups (broad SMARTS) is 1. The number of carbonyl (C=O) groups is 1. The van der Waals surface area contributed by atoms with Gasteiger partial charge in [0, 0.05) is 25.8 Å². The summed E-state index contributed by atoms with van der Waals surface area (Å²) >= 11 is 0. The lowest BCUT2D eigenvalue weighted by Crippen LogP contribution is -2.30. The lowest BCUT2D eigenvalue weighted by atomic mass is 10.00. The maximum Gasteiger partial charge on any atom is 0.337 e. The van der Waals surface area contributed by atoms with Gasteiger partial charge in [-0.15, -0.1) is 0 Å². The zero-order chi connectivity index (χ0) is 17.2. The van der Waals surface area contributed by atoms with Crippen LogP contribution in [0.3, 0.4) is 0 Å². The molecule has 1 aliphatic rings. The number of carboxylic acids is 1. The SMILES string of the molecule is O=C(O)c1ccccc1-n1cnc(CN2CCc3ccccc3C2)c1. The highest BCUT2D eigenvalue weighted by Gasteiger charge is 2.17. The number of hydrogen-bond acceptors (Lipinski definition) is 3. The highest BCUT2D eigenvalue weighted by Crippen LogP contribution is 2.21. The predicted molar refractivity (Wildman–Crippen MR) is 94.8 cm³/mol. The van der Waals surface area contributed by atoms with E-state index in [0.29, 0.717) is 5.69 Å². The standard InChI is InChI=1S/C20H19N3O2/c24-20(25)18-7-3-4-8-19(18)23-13-17(21-14-23)12-22-10-9-15-5-1-2-6-16(15)11-22/h1-8,13-14H,9-12H2,(H,24,25).